The molecule has 0 saturated carbocycles. The van der Waals surface area contributed by atoms with Crippen molar-refractivity contribution in [3.05, 3.63) is 11.9 Å². The predicted octanol–water partition coefficient (Wildman–Crippen LogP) is 2.39. The highest BCUT2D eigenvalue weighted by molar-refractivity contribution is 7.20. The zero-order valence-corrected chi connectivity index (χ0v) is 15.7. The van der Waals surface area contributed by atoms with Gasteiger partial charge in [0.25, 0.3) is 0 Å². The van der Waals surface area contributed by atoms with Gasteiger partial charge in [0.05, 0.1) is 18.0 Å². The summed E-state index contributed by atoms with van der Waals surface area (Å²) < 4.78 is 7.70. The molecule has 2 fully saturated rings. The fourth-order valence-electron chi connectivity index (χ4n) is 3.38. The fraction of sp³-hybridized carbons (Fsp3) is 0.765. The monoisotopic (exact) mass is 349 g/mol. The first-order chi connectivity index (χ1) is 11.5. The number of ether oxygens (including phenoxy) is 1. The Balaban J connectivity index is 1.38. The Morgan fingerprint density at radius 2 is 2.04 bits per heavy atom. The first-order valence-electron chi connectivity index (χ1n) is 8.95. The van der Waals surface area contributed by atoms with Crippen LogP contribution in [0.2, 0.25) is 0 Å². The van der Waals surface area contributed by atoms with Crippen LogP contribution in [-0.4, -0.2) is 64.9 Å². The summed E-state index contributed by atoms with van der Waals surface area (Å²) in [6, 6.07) is 0. The van der Waals surface area contributed by atoms with Gasteiger partial charge in [0.15, 0.2) is 0 Å². The molecule has 0 aliphatic carbocycles. The SMILES string of the molecule is CC(C)(C)c1cn2nc(N3CCN(C[C@@H]4CCCO4)CC3)sc2n1. The molecule has 2 aromatic heterocycles. The molecule has 2 aromatic rings. The second-order valence-corrected chi connectivity index (χ2v) is 8.85. The van der Waals surface area contributed by atoms with Crippen LogP contribution in [0.3, 0.4) is 0 Å². The second-order valence-electron chi connectivity index (χ2n) is 7.91. The molecule has 4 heterocycles. The molecular weight excluding hydrogens is 322 g/mol. The molecule has 0 radical (unpaired) electrons. The number of nitrogens with zero attached hydrogens (tertiary/aromatic N) is 5. The van der Waals surface area contributed by atoms with Crippen LogP contribution < -0.4 is 4.90 Å². The topological polar surface area (TPSA) is 45.9 Å². The lowest BCUT2D eigenvalue weighted by molar-refractivity contribution is 0.0712. The van der Waals surface area contributed by atoms with Gasteiger partial charge in [-0.1, -0.05) is 32.1 Å². The van der Waals surface area contributed by atoms with Crippen LogP contribution in [0.5, 0.6) is 0 Å². The molecule has 0 amide bonds. The van der Waals surface area contributed by atoms with E-state index in [0.717, 1.165) is 55.1 Å². The lowest BCUT2D eigenvalue weighted by Crippen LogP contribution is -2.48. The number of rotatable bonds is 3. The quantitative estimate of drug-likeness (QED) is 0.851. The summed E-state index contributed by atoms with van der Waals surface area (Å²) in [6.07, 6.45) is 4.97. The molecule has 0 unspecified atom stereocenters. The van der Waals surface area contributed by atoms with E-state index >= 15 is 0 Å². The average molecular weight is 350 g/mol. The lowest BCUT2D eigenvalue weighted by atomic mass is 9.93. The third-order valence-corrected chi connectivity index (χ3v) is 5.91. The number of aromatic nitrogens is 3. The van der Waals surface area contributed by atoms with Gasteiger partial charge in [-0.25, -0.2) is 9.50 Å². The summed E-state index contributed by atoms with van der Waals surface area (Å²) in [5.74, 6) is 0. The summed E-state index contributed by atoms with van der Waals surface area (Å²) >= 11 is 1.70. The van der Waals surface area contributed by atoms with E-state index in [4.69, 9.17) is 14.8 Å². The average Bonchev–Trinajstić information content (AvgIpc) is 3.22. The Morgan fingerprint density at radius 3 is 2.67 bits per heavy atom. The minimum absolute atomic E-state index is 0.0710. The van der Waals surface area contributed by atoms with Gasteiger partial charge in [-0.15, -0.1) is 5.10 Å². The van der Waals surface area contributed by atoms with Gasteiger partial charge in [0, 0.05) is 44.7 Å². The molecule has 2 aliphatic heterocycles. The molecule has 7 heteroatoms. The molecule has 0 aromatic carbocycles. The van der Waals surface area contributed by atoms with E-state index in [9.17, 15) is 0 Å². The van der Waals surface area contributed by atoms with Gasteiger partial charge in [0.2, 0.25) is 10.1 Å². The van der Waals surface area contributed by atoms with E-state index < -0.39 is 0 Å². The normalized spacial score (nSPS) is 23.5. The fourth-order valence-corrected chi connectivity index (χ4v) is 4.31. The summed E-state index contributed by atoms with van der Waals surface area (Å²) in [7, 11) is 0. The van der Waals surface area contributed by atoms with Crippen LogP contribution in [0, 0.1) is 0 Å². The summed E-state index contributed by atoms with van der Waals surface area (Å²) in [4.78, 5) is 10.7. The molecule has 132 valence electrons. The van der Waals surface area contributed by atoms with Crippen LogP contribution >= 0.6 is 11.3 Å². The Labute approximate surface area is 147 Å². The van der Waals surface area contributed by atoms with E-state index in [0.29, 0.717) is 6.10 Å². The standard InChI is InChI=1S/C17H27N5OS/c1-17(2,3)14-12-22-15(18-14)24-16(19-22)21-8-6-20(7-9-21)11-13-5-4-10-23-13/h12-13H,4-11H2,1-3H3/t13-/m0/s1. The molecule has 6 nitrogen and oxygen atoms in total. The van der Waals surface area contributed by atoms with Crippen molar-refractivity contribution in [1.29, 1.82) is 0 Å². The minimum atomic E-state index is 0.0710. The van der Waals surface area contributed by atoms with Crippen LogP contribution in [-0.2, 0) is 10.2 Å². The van der Waals surface area contributed by atoms with Crippen molar-refractivity contribution in [3.63, 3.8) is 0 Å². The van der Waals surface area contributed by atoms with Gasteiger partial charge < -0.3 is 9.64 Å². The van der Waals surface area contributed by atoms with Crippen LogP contribution in [0.25, 0.3) is 4.96 Å². The molecule has 2 aliphatic rings. The molecular formula is C17H27N5OS. The van der Waals surface area contributed by atoms with Crippen LogP contribution in [0.4, 0.5) is 5.13 Å². The maximum absolute atomic E-state index is 5.76. The van der Waals surface area contributed by atoms with Crippen LogP contribution in [0.1, 0.15) is 39.3 Å². The van der Waals surface area contributed by atoms with E-state index in [1.165, 1.54) is 12.8 Å². The molecule has 0 spiro atoms. The van der Waals surface area contributed by atoms with Crippen molar-refractivity contribution in [2.24, 2.45) is 0 Å². The Bertz CT molecular complexity index is 658. The van der Waals surface area contributed by atoms with E-state index in [-0.39, 0.29) is 5.41 Å². The van der Waals surface area contributed by atoms with Crippen molar-refractivity contribution in [3.8, 4) is 0 Å². The van der Waals surface area contributed by atoms with E-state index in [2.05, 4.69) is 36.8 Å². The summed E-state index contributed by atoms with van der Waals surface area (Å²) in [5, 5.41) is 5.85. The Kier molecular flexibility index (Phi) is 4.26. The van der Waals surface area contributed by atoms with Crippen LogP contribution in [0.15, 0.2) is 6.20 Å². The maximum atomic E-state index is 5.76. The number of hydrogen-bond acceptors (Lipinski definition) is 6. The number of fused-ring (bicyclic) bond motifs is 1. The third-order valence-electron chi connectivity index (χ3n) is 4.93. The molecule has 24 heavy (non-hydrogen) atoms. The summed E-state index contributed by atoms with van der Waals surface area (Å²) in [5.41, 5.74) is 1.18. The molecule has 0 bridgehead atoms. The second kappa shape index (κ2) is 6.28. The highest BCUT2D eigenvalue weighted by atomic mass is 32.1. The van der Waals surface area contributed by atoms with E-state index in [1.807, 2.05) is 4.52 Å². The number of hydrogen-bond donors (Lipinski definition) is 0. The van der Waals surface area contributed by atoms with Crippen molar-refractivity contribution in [1.82, 2.24) is 19.5 Å². The molecule has 0 N–H and O–H groups in total. The molecule has 1 atom stereocenters. The Hall–Kier alpha value is -1.18. The maximum Gasteiger partial charge on any atom is 0.214 e. The highest BCUT2D eigenvalue weighted by Crippen LogP contribution is 2.28. The number of imidazole rings is 1. The predicted molar refractivity (Wildman–Crippen MR) is 97.2 cm³/mol. The first kappa shape index (κ1) is 16.3. The van der Waals surface area contributed by atoms with Gasteiger partial charge in [-0.05, 0) is 12.8 Å². The Morgan fingerprint density at radius 1 is 1.25 bits per heavy atom. The first-order valence-corrected chi connectivity index (χ1v) is 9.76. The number of anilines is 1. The van der Waals surface area contributed by atoms with E-state index in [1.54, 1.807) is 11.3 Å². The van der Waals surface area contributed by atoms with Crippen molar-refractivity contribution >= 4 is 21.4 Å². The largest absolute Gasteiger partial charge is 0.377 e. The van der Waals surface area contributed by atoms with Gasteiger partial charge in [0.1, 0.15) is 0 Å². The van der Waals surface area contributed by atoms with Gasteiger partial charge >= 0.3 is 0 Å². The summed E-state index contributed by atoms with van der Waals surface area (Å²) in [6.45, 7) is 12.9. The zero-order valence-electron chi connectivity index (χ0n) is 14.9. The molecule has 2 saturated heterocycles. The molecule has 4 rings (SSSR count). The van der Waals surface area contributed by atoms with Gasteiger partial charge in [-0.3, -0.25) is 4.90 Å². The van der Waals surface area contributed by atoms with Crippen molar-refractivity contribution in [2.75, 3.05) is 44.2 Å². The van der Waals surface area contributed by atoms with Crippen molar-refractivity contribution < 1.29 is 4.74 Å². The number of piperazine rings is 1. The minimum Gasteiger partial charge on any atom is -0.377 e. The van der Waals surface area contributed by atoms with Gasteiger partial charge in [-0.2, -0.15) is 0 Å². The smallest absolute Gasteiger partial charge is 0.214 e. The zero-order chi connectivity index (χ0) is 16.7. The lowest BCUT2D eigenvalue weighted by Gasteiger charge is -2.35. The highest BCUT2D eigenvalue weighted by Gasteiger charge is 2.25. The third kappa shape index (κ3) is 3.30. The van der Waals surface area contributed by atoms with Crippen molar-refractivity contribution in [2.45, 2.75) is 45.1 Å².